The Morgan fingerprint density at radius 3 is 2.91 bits per heavy atom. The Hall–Kier alpha value is -1.30. The minimum absolute atomic E-state index is 0.0479. The number of amides is 1. The second kappa shape index (κ2) is 5.65. The van der Waals surface area contributed by atoms with E-state index >= 15 is 0 Å². The summed E-state index contributed by atoms with van der Waals surface area (Å²) >= 11 is 6.02. The van der Waals surface area contributed by atoms with Gasteiger partial charge >= 0.3 is 0 Å². The van der Waals surface area contributed by atoms with Gasteiger partial charge in [-0.25, -0.2) is 0 Å². The fourth-order valence-electron chi connectivity index (χ4n) is 4.01. The molecule has 23 heavy (non-hydrogen) atoms. The van der Waals surface area contributed by atoms with E-state index in [9.17, 15) is 4.79 Å². The van der Waals surface area contributed by atoms with Gasteiger partial charge in [0.25, 0.3) is 0 Å². The predicted octanol–water partition coefficient (Wildman–Crippen LogP) is 2.82. The highest BCUT2D eigenvalue weighted by Crippen LogP contribution is 2.57. The number of hydrogen-bond donors (Lipinski definition) is 2. The predicted molar refractivity (Wildman–Crippen MR) is 89.8 cm³/mol. The van der Waals surface area contributed by atoms with Crippen LogP contribution in [-0.4, -0.2) is 31.3 Å². The van der Waals surface area contributed by atoms with Crippen molar-refractivity contribution in [2.24, 2.45) is 17.1 Å². The van der Waals surface area contributed by atoms with Gasteiger partial charge < -0.3 is 20.5 Å². The van der Waals surface area contributed by atoms with Gasteiger partial charge in [0.15, 0.2) is 0 Å². The molecule has 0 radical (unpaired) electrons. The molecule has 3 N–H and O–H groups in total. The molecule has 3 atom stereocenters. The second-order valence-corrected chi connectivity index (χ2v) is 7.34. The molecular weight excluding hydrogens is 316 g/mol. The third-order valence-electron chi connectivity index (χ3n) is 5.47. The van der Waals surface area contributed by atoms with Gasteiger partial charge in [0, 0.05) is 29.7 Å². The maximum atomic E-state index is 12.9. The number of carbonyl (C=O) groups excluding carboxylic acids is 1. The Morgan fingerprint density at radius 2 is 2.22 bits per heavy atom. The molecule has 1 heterocycles. The standard InChI is InChI=1S/C17H23ClN2O3/c1-16(2)14-11(5-4-8-23-14)17(16,19)15(21)20-10-6-7-12(18)13(9-10)22-3/h6-7,9,11,14H,4-5,8,19H2,1-3H3,(H,20,21). The maximum absolute atomic E-state index is 12.9. The van der Waals surface area contributed by atoms with Crippen molar-refractivity contribution < 1.29 is 14.3 Å². The van der Waals surface area contributed by atoms with Crippen molar-refractivity contribution in [2.45, 2.75) is 38.3 Å². The normalized spacial score (nSPS) is 31.7. The summed E-state index contributed by atoms with van der Waals surface area (Å²) in [4.78, 5) is 12.9. The Balaban J connectivity index is 1.82. The first-order valence-corrected chi connectivity index (χ1v) is 8.25. The van der Waals surface area contributed by atoms with Crippen LogP contribution < -0.4 is 15.8 Å². The molecule has 3 unspecified atom stereocenters. The summed E-state index contributed by atoms with van der Waals surface area (Å²) in [5, 5.41) is 3.41. The van der Waals surface area contributed by atoms with Crippen molar-refractivity contribution in [2.75, 3.05) is 19.0 Å². The van der Waals surface area contributed by atoms with Crippen LogP contribution in [0.15, 0.2) is 18.2 Å². The molecule has 1 saturated carbocycles. The van der Waals surface area contributed by atoms with E-state index in [2.05, 4.69) is 5.32 Å². The smallest absolute Gasteiger partial charge is 0.245 e. The van der Waals surface area contributed by atoms with Gasteiger partial charge in [-0.1, -0.05) is 25.4 Å². The molecule has 126 valence electrons. The summed E-state index contributed by atoms with van der Waals surface area (Å²) < 4.78 is 11.0. The molecule has 3 rings (SSSR count). The van der Waals surface area contributed by atoms with E-state index in [0.29, 0.717) is 16.5 Å². The largest absolute Gasteiger partial charge is 0.495 e. The number of halogens is 1. The Kier molecular flexibility index (Phi) is 4.07. The first-order valence-electron chi connectivity index (χ1n) is 7.88. The van der Waals surface area contributed by atoms with Crippen LogP contribution in [0, 0.1) is 11.3 Å². The lowest BCUT2D eigenvalue weighted by Gasteiger charge is -2.65. The molecule has 1 saturated heterocycles. The molecular formula is C17H23ClN2O3. The molecule has 6 heteroatoms. The highest BCUT2D eigenvalue weighted by atomic mass is 35.5. The van der Waals surface area contributed by atoms with Gasteiger partial charge in [-0.2, -0.15) is 0 Å². The number of nitrogens with one attached hydrogen (secondary N) is 1. The van der Waals surface area contributed by atoms with Gasteiger partial charge in [0.05, 0.1) is 18.2 Å². The first-order chi connectivity index (χ1) is 10.8. The van der Waals surface area contributed by atoms with Crippen molar-refractivity contribution in [3.05, 3.63) is 23.2 Å². The number of nitrogens with two attached hydrogens (primary N) is 1. The van der Waals surface area contributed by atoms with Crippen LogP contribution in [0.3, 0.4) is 0 Å². The van der Waals surface area contributed by atoms with Crippen LogP contribution in [0.5, 0.6) is 5.75 Å². The van der Waals surface area contributed by atoms with Crippen LogP contribution in [-0.2, 0) is 9.53 Å². The molecule has 1 aliphatic carbocycles. The lowest BCUT2D eigenvalue weighted by molar-refractivity contribution is -0.222. The van der Waals surface area contributed by atoms with E-state index < -0.39 is 11.0 Å². The average Bonchev–Trinajstić information content (AvgIpc) is 2.55. The number of hydrogen-bond acceptors (Lipinski definition) is 4. The van der Waals surface area contributed by atoms with Crippen molar-refractivity contribution in [1.29, 1.82) is 0 Å². The van der Waals surface area contributed by atoms with Crippen molar-refractivity contribution >= 4 is 23.2 Å². The molecule has 2 aliphatic rings. The van der Waals surface area contributed by atoms with E-state index in [-0.39, 0.29) is 17.9 Å². The number of fused-ring (bicyclic) bond motifs is 1. The molecule has 1 amide bonds. The van der Waals surface area contributed by atoms with Gasteiger partial charge in [-0.05, 0) is 25.0 Å². The topological polar surface area (TPSA) is 73.6 Å². The summed E-state index contributed by atoms with van der Waals surface area (Å²) in [5.41, 5.74) is 5.86. The van der Waals surface area contributed by atoms with Crippen molar-refractivity contribution in [3.63, 3.8) is 0 Å². The summed E-state index contributed by atoms with van der Waals surface area (Å²) in [5.74, 6) is 0.390. The summed E-state index contributed by atoms with van der Waals surface area (Å²) in [6, 6.07) is 5.13. The fraction of sp³-hybridized carbons (Fsp3) is 0.588. The lowest BCUT2D eigenvalue weighted by atomic mass is 9.46. The van der Waals surface area contributed by atoms with E-state index in [0.717, 1.165) is 19.4 Å². The van der Waals surface area contributed by atoms with Gasteiger partial charge in [-0.3, -0.25) is 4.79 Å². The number of benzene rings is 1. The van der Waals surface area contributed by atoms with Crippen LogP contribution in [0.4, 0.5) is 5.69 Å². The zero-order valence-corrected chi connectivity index (χ0v) is 14.4. The zero-order chi connectivity index (χ0) is 16.8. The molecule has 0 aromatic heterocycles. The summed E-state index contributed by atoms with van der Waals surface area (Å²) in [7, 11) is 1.54. The molecule has 5 nitrogen and oxygen atoms in total. The Bertz CT molecular complexity index is 634. The SMILES string of the molecule is COc1cc(NC(=O)C2(N)C3CCCOC3C2(C)C)ccc1Cl. The van der Waals surface area contributed by atoms with Crippen LogP contribution in [0.2, 0.25) is 5.02 Å². The zero-order valence-electron chi connectivity index (χ0n) is 13.7. The Morgan fingerprint density at radius 1 is 1.48 bits per heavy atom. The average molecular weight is 339 g/mol. The Labute approximate surface area is 141 Å². The molecule has 1 aromatic carbocycles. The van der Waals surface area contributed by atoms with Gasteiger partial charge in [0.2, 0.25) is 5.91 Å². The highest BCUT2D eigenvalue weighted by molar-refractivity contribution is 6.32. The van der Waals surface area contributed by atoms with E-state index in [4.69, 9.17) is 26.8 Å². The number of rotatable bonds is 3. The highest BCUT2D eigenvalue weighted by Gasteiger charge is 2.70. The maximum Gasteiger partial charge on any atom is 0.245 e. The summed E-state index contributed by atoms with van der Waals surface area (Å²) in [6.07, 6.45) is 1.91. The van der Waals surface area contributed by atoms with E-state index in [1.165, 1.54) is 7.11 Å². The van der Waals surface area contributed by atoms with Crippen LogP contribution in [0.1, 0.15) is 26.7 Å². The first kappa shape index (κ1) is 16.6. The van der Waals surface area contributed by atoms with E-state index in [1.54, 1.807) is 18.2 Å². The van der Waals surface area contributed by atoms with Gasteiger partial charge in [0.1, 0.15) is 11.3 Å². The second-order valence-electron chi connectivity index (χ2n) is 6.93. The van der Waals surface area contributed by atoms with Crippen LogP contribution >= 0.6 is 11.6 Å². The molecule has 0 spiro atoms. The quantitative estimate of drug-likeness (QED) is 0.888. The van der Waals surface area contributed by atoms with Crippen molar-refractivity contribution in [1.82, 2.24) is 0 Å². The molecule has 0 bridgehead atoms. The minimum Gasteiger partial charge on any atom is -0.495 e. The third-order valence-corrected chi connectivity index (χ3v) is 5.78. The summed E-state index contributed by atoms with van der Waals surface area (Å²) in [6.45, 7) is 4.75. The minimum atomic E-state index is -0.940. The number of anilines is 1. The fourth-order valence-corrected chi connectivity index (χ4v) is 4.20. The van der Waals surface area contributed by atoms with Crippen LogP contribution in [0.25, 0.3) is 0 Å². The lowest BCUT2D eigenvalue weighted by Crippen LogP contribution is -2.81. The third kappa shape index (κ3) is 2.33. The monoisotopic (exact) mass is 338 g/mol. The number of ether oxygens (including phenoxy) is 2. The van der Waals surface area contributed by atoms with E-state index in [1.807, 2.05) is 13.8 Å². The van der Waals surface area contributed by atoms with Gasteiger partial charge in [-0.15, -0.1) is 0 Å². The number of methoxy groups -OCH3 is 1. The molecule has 2 fully saturated rings. The molecule has 1 aliphatic heterocycles. The number of carbonyl (C=O) groups is 1. The molecule has 1 aromatic rings. The van der Waals surface area contributed by atoms with Crippen molar-refractivity contribution in [3.8, 4) is 5.75 Å².